The van der Waals surface area contributed by atoms with E-state index < -0.39 is 0 Å². The van der Waals surface area contributed by atoms with Gasteiger partial charge in [-0.2, -0.15) is 0 Å². The Labute approximate surface area is 95.4 Å². The molecule has 1 aromatic heterocycles. The van der Waals surface area contributed by atoms with Crippen LogP contribution in [0.25, 0.3) is 0 Å². The smallest absolute Gasteiger partial charge is 0.223 e. The third-order valence-corrected chi connectivity index (χ3v) is 2.43. The van der Waals surface area contributed by atoms with Crippen LogP contribution in [0.1, 0.15) is 31.5 Å². The van der Waals surface area contributed by atoms with E-state index in [1.54, 1.807) is 29.9 Å². The number of aromatic nitrogens is 3. The van der Waals surface area contributed by atoms with Gasteiger partial charge in [-0.25, -0.2) is 0 Å². The first-order chi connectivity index (χ1) is 7.54. The van der Waals surface area contributed by atoms with Gasteiger partial charge in [-0.05, 0) is 6.42 Å². The Hall–Kier alpha value is -1.43. The highest BCUT2D eigenvalue weighted by Gasteiger charge is 2.09. The molecule has 0 aliphatic rings. The number of nitrogens with two attached hydrogens (primary N) is 1. The maximum atomic E-state index is 11.4. The van der Waals surface area contributed by atoms with Crippen LogP contribution in [0.15, 0.2) is 6.20 Å². The summed E-state index contributed by atoms with van der Waals surface area (Å²) in [6.45, 7) is 2.54. The van der Waals surface area contributed by atoms with Crippen LogP contribution in [-0.2, 0) is 11.3 Å². The maximum Gasteiger partial charge on any atom is 0.223 e. The Balaban J connectivity index is 2.49. The molecule has 0 fully saturated rings. The van der Waals surface area contributed by atoms with Gasteiger partial charge in [0, 0.05) is 20.5 Å². The molecule has 0 spiro atoms. The predicted molar refractivity (Wildman–Crippen MR) is 60.6 cm³/mol. The van der Waals surface area contributed by atoms with E-state index in [0.29, 0.717) is 13.0 Å². The minimum Gasteiger partial charge on any atom is -0.349 e. The van der Waals surface area contributed by atoms with Crippen molar-refractivity contribution in [2.24, 2.45) is 5.73 Å². The van der Waals surface area contributed by atoms with Crippen molar-refractivity contribution in [1.82, 2.24) is 19.9 Å². The van der Waals surface area contributed by atoms with Gasteiger partial charge in [-0.1, -0.05) is 12.1 Å². The molecule has 1 atom stereocenters. The lowest BCUT2D eigenvalue weighted by Crippen LogP contribution is -2.23. The summed E-state index contributed by atoms with van der Waals surface area (Å²) < 4.78 is 1.66. The molecule has 6 heteroatoms. The van der Waals surface area contributed by atoms with Crippen LogP contribution >= 0.6 is 0 Å². The van der Waals surface area contributed by atoms with Crippen molar-refractivity contribution >= 4 is 5.91 Å². The molecule has 0 aliphatic carbocycles. The number of amides is 1. The number of carbonyl (C=O) groups excluding carboxylic acids is 1. The van der Waals surface area contributed by atoms with Gasteiger partial charge in [0.25, 0.3) is 0 Å². The minimum absolute atomic E-state index is 0.0710. The lowest BCUT2D eigenvalue weighted by atomic mass is 10.2. The minimum atomic E-state index is -0.0710. The second-order valence-electron chi connectivity index (χ2n) is 3.96. The van der Waals surface area contributed by atoms with Crippen LogP contribution in [0.5, 0.6) is 0 Å². The first kappa shape index (κ1) is 12.6. The average molecular weight is 225 g/mol. The zero-order valence-electron chi connectivity index (χ0n) is 10.1. The monoisotopic (exact) mass is 225 g/mol. The second kappa shape index (κ2) is 5.60. The quantitative estimate of drug-likeness (QED) is 0.774. The third kappa shape index (κ3) is 3.30. The molecule has 1 rings (SSSR count). The van der Waals surface area contributed by atoms with Gasteiger partial charge in [-0.15, -0.1) is 5.10 Å². The Bertz CT molecular complexity index is 347. The SMILES string of the molecule is CCC(N)c1cn(CCC(=O)N(C)C)nn1. The molecule has 1 unspecified atom stereocenters. The molecule has 1 amide bonds. The molecule has 16 heavy (non-hydrogen) atoms. The second-order valence-corrected chi connectivity index (χ2v) is 3.96. The highest BCUT2D eigenvalue weighted by Crippen LogP contribution is 2.09. The molecular weight excluding hydrogens is 206 g/mol. The summed E-state index contributed by atoms with van der Waals surface area (Å²) in [6, 6.07) is -0.0710. The van der Waals surface area contributed by atoms with Gasteiger partial charge in [0.05, 0.1) is 24.5 Å². The summed E-state index contributed by atoms with van der Waals surface area (Å²) in [5, 5.41) is 7.91. The Morgan fingerprint density at radius 2 is 2.31 bits per heavy atom. The molecule has 2 N–H and O–H groups in total. The highest BCUT2D eigenvalue weighted by atomic mass is 16.2. The van der Waals surface area contributed by atoms with Gasteiger partial charge in [-0.3, -0.25) is 9.48 Å². The van der Waals surface area contributed by atoms with Crippen molar-refractivity contribution in [3.05, 3.63) is 11.9 Å². The first-order valence-electron chi connectivity index (χ1n) is 5.40. The largest absolute Gasteiger partial charge is 0.349 e. The summed E-state index contributed by atoms with van der Waals surface area (Å²) in [7, 11) is 3.48. The molecule has 6 nitrogen and oxygen atoms in total. The van der Waals surface area contributed by atoms with Gasteiger partial charge in [0.1, 0.15) is 0 Å². The summed E-state index contributed by atoms with van der Waals surface area (Å²) in [4.78, 5) is 12.9. The van der Waals surface area contributed by atoms with Crippen LogP contribution in [0, 0.1) is 0 Å². The number of nitrogens with zero attached hydrogens (tertiary/aromatic N) is 4. The van der Waals surface area contributed by atoms with E-state index in [1.807, 2.05) is 6.92 Å². The number of carbonyl (C=O) groups is 1. The zero-order chi connectivity index (χ0) is 12.1. The zero-order valence-corrected chi connectivity index (χ0v) is 10.1. The molecule has 0 saturated heterocycles. The number of hydrogen-bond acceptors (Lipinski definition) is 4. The van der Waals surface area contributed by atoms with Gasteiger partial charge >= 0.3 is 0 Å². The molecule has 1 heterocycles. The van der Waals surface area contributed by atoms with Crippen molar-refractivity contribution in [2.45, 2.75) is 32.4 Å². The fourth-order valence-electron chi connectivity index (χ4n) is 1.24. The van der Waals surface area contributed by atoms with E-state index in [-0.39, 0.29) is 11.9 Å². The molecular formula is C10H19N5O. The van der Waals surface area contributed by atoms with E-state index in [4.69, 9.17) is 5.73 Å². The van der Waals surface area contributed by atoms with E-state index in [1.165, 1.54) is 0 Å². The molecule has 0 saturated carbocycles. The molecule has 90 valence electrons. The maximum absolute atomic E-state index is 11.4. The predicted octanol–water partition coefficient (Wildman–Crippen LogP) is 0.166. The summed E-state index contributed by atoms with van der Waals surface area (Å²) in [5.41, 5.74) is 6.60. The van der Waals surface area contributed by atoms with E-state index in [2.05, 4.69) is 10.3 Å². The third-order valence-electron chi connectivity index (χ3n) is 2.43. The number of aryl methyl sites for hydroxylation is 1. The van der Waals surface area contributed by atoms with Gasteiger partial charge in [0.2, 0.25) is 5.91 Å². The number of rotatable bonds is 5. The Morgan fingerprint density at radius 3 is 2.88 bits per heavy atom. The van der Waals surface area contributed by atoms with E-state index >= 15 is 0 Å². The van der Waals surface area contributed by atoms with Crippen LogP contribution < -0.4 is 5.73 Å². The number of hydrogen-bond donors (Lipinski definition) is 1. The standard InChI is InChI=1S/C10H19N5O/c1-4-8(11)9-7-15(13-12-9)6-5-10(16)14(2)3/h7-8H,4-6,11H2,1-3H3. The van der Waals surface area contributed by atoms with Crippen molar-refractivity contribution in [3.8, 4) is 0 Å². The topological polar surface area (TPSA) is 77.0 Å². The molecule has 0 aliphatic heterocycles. The van der Waals surface area contributed by atoms with Crippen molar-refractivity contribution < 1.29 is 4.79 Å². The van der Waals surface area contributed by atoms with E-state index in [0.717, 1.165) is 12.1 Å². The summed E-state index contributed by atoms with van der Waals surface area (Å²) in [6.07, 6.45) is 3.06. The van der Waals surface area contributed by atoms with Crippen LogP contribution in [-0.4, -0.2) is 39.9 Å². The molecule has 0 bridgehead atoms. The van der Waals surface area contributed by atoms with E-state index in [9.17, 15) is 4.79 Å². The molecule has 1 aromatic rings. The molecule has 0 aromatic carbocycles. The molecule has 0 radical (unpaired) electrons. The average Bonchev–Trinajstić information content (AvgIpc) is 2.73. The fourth-order valence-corrected chi connectivity index (χ4v) is 1.24. The normalized spacial score (nSPS) is 12.5. The first-order valence-corrected chi connectivity index (χ1v) is 5.40. The van der Waals surface area contributed by atoms with Crippen molar-refractivity contribution in [3.63, 3.8) is 0 Å². The van der Waals surface area contributed by atoms with Gasteiger partial charge in [0.15, 0.2) is 0 Å². The van der Waals surface area contributed by atoms with Crippen molar-refractivity contribution in [1.29, 1.82) is 0 Å². The summed E-state index contributed by atoms with van der Waals surface area (Å²) in [5.74, 6) is 0.0804. The van der Waals surface area contributed by atoms with Crippen LogP contribution in [0.3, 0.4) is 0 Å². The Morgan fingerprint density at radius 1 is 1.62 bits per heavy atom. The highest BCUT2D eigenvalue weighted by molar-refractivity contribution is 5.75. The lowest BCUT2D eigenvalue weighted by Gasteiger charge is -2.09. The van der Waals surface area contributed by atoms with Crippen LogP contribution in [0.2, 0.25) is 0 Å². The lowest BCUT2D eigenvalue weighted by molar-refractivity contribution is -0.128. The van der Waals surface area contributed by atoms with Crippen LogP contribution in [0.4, 0.5) is 0 Å². The summed E-state index contributed by atoms with van der Waals surface area (Å²) >= 11 is 0. The fraction of sp³-hybridized carbons (Fsp3) is 0.700. The van der Waals surface area contributed by atoms with Crippen molar-refractivity contribution in [2.75, 3.05) is 14.1 Å². The van der Waals surface area contributed by atoms with Gasteiger partial charge < -0.3 is 10.6 Å². The Kier molecular flexibility index (Phi) is 4.42.